The van der Waals surface area contributed by atoms with E-state index in [2.05, 4.69) is 10.0 Å². The zero-order chi connectivity index (χ0) is 16.2. The summed E-state index contributed by atoms with van der Waals surface area (Å²) in [6, 6.07) is 12.6. The third-order valence-corrected chi connectivity index (χ3v) is 4.58. The summed E-state index contributed by atoms with van der Waals surface area (Å²) in [4.78, 5) is 11.7. The second-order valence-electron chi connectivity index (χ2n) is 5.38. The van der Waals surface area contributed by atoms with Gasteiger partial charge in [-0.1, -0.05) is 30.3 Å². The molecule has 118 valence electrons. The van der Waals surface area contributed by atoms with Crippen molar-refractivity contribution in [3.8, 4) is 0 Å². The quantitative estimate of drug-likeness (QED) is 0.855. The second-order valence-corrected chi connectivity index (χ2v) is 7.15. The third-order valence-electron chi connectivity index (χ3n) is 3.13. The molecule has 0 aliphatic heterocycles. The predicted octanol–water partition coefficient (Wildman–Crippen LogP) is 2.03. The second kappa shape index (κ2) is 6.89. The highest BCUT2D eigenvalue weighted by Gasteiger charge is 2.14. The molecule has 0 unspecified atom stereocenters. The van der Waals surface area contributed by atoms with E-state index in [1.54, 1.807) is 18.2 Å². The van der Waals surface area contributed by atoms with Gasteiger partial charge in [-0.25, -0.2) is 13.1 Å². The Bertz CT molecular complexity index is 770. The first-order chi connectivity index (χ1) is 10.4. The Balaban J connectivity index is 2.04. The molecule has 0 saturated carbocycles. The first kappa shape index (κ1) is 16.5. The Morgan fingerprint density at radius 1 is 1.09 bits per heavy atom. The van der Waals surface area contributed by atoms with Crippen LogP contribution in [-0.4, -0.2) is 26.9 Å². The molecule has 6 heteroatoms. The minimum absolute atomic E-state index is 0.0459. The van der Waals surface area contributed by atoms with Gasteiger partial charge < -0.3 is 5.32 Å². The summed E-state index contributed by atoms with van der Waals surface area (Å²) in [6.07, 6.45) is 0.116. The van der Waals surface area contributed by atoms with Gasteiger partial charge in [-0.2, -0.15) is 0 Å². The molecule has 2 aromatic rings. The van der Waals surface area contributed by atoms with E-state index in [9.17, 15) is 13.2 Å². The molecule has 0 aromatic heterocycles. The molecule has 5 nitrogen and oxygen atoms in total. The van der Waals surface area contributed by atoms with Crippen molar-refractivity contribution in [1.29, 1.82) is 0 Å². The average Bonchev–Trinajstić information content (AvgIpc) is 2.45. The first-order valence-corrected chi connectivity index (χ1v) is 8.64. The number of benzene rings is 2. The van der Waals surface area contributed by atoms with Crippen LogP contribution in [0.15, 0.2) is 47.4 Å². The third kappa shape index (κ3) is 4.29. The number of carbonyl (C=O) groups is 1. The summed E-state index contributed by atoms with van der Waals surface area (Å²) in [5.74, 6) is -0.170. The zero-order valence-corrected chi connectivity index (χ0v) is 13.5. The summed E-state index contributed by atoms with van der Waals surface area (Å²) < 4.78 is 26.9. The van der Waals surface area contributed by atoms with Crippen LogP contribution in [0, 0.1) is 0 Å². The van der Waals surface area contributed by atoms with E-state index in [1.165, 1.54) is 0 Å². The van der Waals surface area contributed by atoms with E-state index in [-0.39, 0.29) is 29.8 Å². The van der Waals surface area contributed by atoms with Crippen molar-refractivity contribution < 1.29 is 13.2 Å². The van der Waals surface area contributed by atoms with Gasteiger partial charge in [0.2, 0.25) is 15.9 Å². The van der Waals surface area contributed by atoms with Gasteiger partial charge in [0.1, 0.15) is 0 Å². The van der Waals surface area contributed by atoms with E-state index < -0.39 is 10.0 Å². The predicted molar refractivity (Wildman–Crippen MR) is 87.0 cm³/mol. The van der Waals surface area contributed by atoms with E-state index >= 15 is 0 Å². The lowest BCUT2D eigenvalue weighted by Crippen LogP contribution is -2.34. The number of sulfonamides is 1. The number of fused-ring (bicyclic) bond motifs is 1. The maximum Gasteiger partial charge on any atom is 0.240 e. The molecular weight excluding hydrogens is 300 g/mol. The lowest BCUT2D eigenvalue weighted by Gasteiger charge is -2.10. The number of nitrogens with one attached hydrogen (secondary N) is 2. The Hall–Kier alpha value is -1.92. The molecule has 0 bridgehead atoms. The monoisotopic (exact) mass is 320 g/mol. The fourth-order valence-electron chi connectivity index (χ4n) is 2.11. The summed E-state index contributed by atoms with van der Waals surface area (Å²) in [5.41, 5.74) is 0. The van der Waals surface area contributed by atoms with E-state index in [1.807, 2.05) is 38.1 Å². The fraction of sp³-hybridized carbons (Fsp3) is 0.312. The average molecular weight is 320 g/mol. The van der Waals surface area contributed by atoms with Gasteiger partial charge in [0, 0.05) is 19.0 Å². The Morgan fingerprint density at radius 3 is 2.45 bits per heavy atom. The molecule has 2 rings (SSSR count). The van der Waals surface area contributed by atoms with Gasteiger partial charge in [0.25, 0.3) is 0 Å². The van der Waals surface area contributed by atoms with Crippen LogP contribution in [0.1, 0.15) is 20.3 Å². The number of hydrogen-bond acceptors (Lipinski definition) is 3. The topological polar surface area (TPSA) is 75.3 Å². The molecule has 0 heterocycles. The van der Waals surface area contributed by atoms with Crippen molar-refractivity contribution in [2.45, 2.75) is 31.2 Å². The maximum atomic E-state index is 12.2. The van der Waals surface area contributed by atoms with Crippen LogP contribution in [0.4, 0.5) is 0 Å². The molecule has 0 saturated heterocycles. The molecule has 0 spiro atoms. The summed E-state index contributed by atoms with van der Waals surface area (Å²) in [5, 5.41) is 4.57. The van der Waals surface area contributed by atoms with Crippen molar-refractivity contribution >= 4 is 26.7 Å². The molecule has 2 N–H and O–H groups in total. The van der Waals surface area contributed by atoms with Crippen molar-refractivity contribution in [3.63, 3.8) is 0 Å². The lowest BCUT2D eigenvalue weighted by atomic mass is 10.1. The highest BCUT2D eigenvalue weighted by atomic mass is 32.2. The molecule has 22 heavy (non-hydrogen) atoms. The first-order valence-electron chi connectivity index (χ1n) is 7.16. The van der Waals surface area contributed by atoms with Crippen LogP contribution in [0.3, 0.4) is 0 Å². The van der Waals surface area contributed by atoms with Crippen molar-refractivity contribution in [1.82, 2.24) is 10.0 Å². The van der Waals surface area contributed by atoms with Crippen LogP contribution in [0.2, 0.25) is 0 Å². The molecule has 2 aromatic carbocycles. The van der Waals surface area contributed by atoms with Gasteiger partial charge in [0.15, 0.2) is 0 Å². The van der Waals surface area contributed by atoms with E-state index in [0.29, 0.717) is 0 Å². The van der Waals surface area contributed by atoms with Crippen molar-refractivity contribution in [2.75, 3.05) is 6.54 Å². The molecule has 0 atom stereocenters. The Labute approximate surface area is 130 Å². The zero-order valence-electron chi connectivity index (χ0n) is 12.7. The van der Waals surface area contributed by atoms with Crippen LogP contribution >= 0.6 is 0 Å². The maximum absolute atomic E-state index is 12.2. The van der Waals surface area contributed by atoms with E-state index in [4.69, 9.17) is 0 Å². The van der Waals surface area contributed by atoms with Gasteiger partial charge in [-0.3, -0.25) is 4.79 Å². The number of amides is 1. The number of rotatable bonds is 6. The highest BCUT2D eigenvalue weighted by molar-refractivity contribution is 7.89. The largest absolute Gasteiger partial charge is 0.354 e. The molecule has 0 radical (unpaired) electrons. The molecule has 0 aliphatic rings. The molecular formula is C16H20N2O3S. The summed E-state index contributed by atoms with van der Waals surface area (Å²) in [6.45, 7) is 3.79. The van der Waals surface area contributed by atoms with Gasteiger partial charge >= 0.3 is 0 Å². The highest BCUT2D eigenvalue weighted by Crippen LogP contribution is 2.18. The molecule has 1 amide bonds. The van der Waals surface area contributed by atoms with Crippen molar-refractivity contribution in [3.05, 3.63) is 42.5 Å². The van der Waals surface area contributed by atoms with Crippen LogP contribution < -0.4 is 10.0 Å². The number of carbonyl (C=O) groups excluding carboxylic acids is 1. The Kier molecular flexibility index (Phi) is 5.15. The SMILES string of the molecule is CC(C)NC(=O)CCNS(=O)(=O)c1ccc2ccccc2c1. The van der Waals surface area contributed by atoms with Crippen LogP contribution in [-0.2, 0) is 14.8 Å². The van der Waals surface area contributed by atoms with Gasteiger partial charge in [0.05, 0.1) is 4.90 Å². The summed E-state index contributed by atoms with van der Waals surface area (Å²) in [7, 11) is -3.61. The van der Waals surface area contributed by atoms with Crippen LogP contribution in [0.5, 0.6) is 0 Å². The van der Waals surface area contributed by atoms with Gasteiger partial charge in [-0.05, 0) is 36.8 Å². The number of hydrogen-bond donors (Lipinski definition) is 2. The smallest absolute Gasteiger partial charge is 0.240 e. The van der Waals surface area contributed by atoms with Crippen molar-refractivity contribution in [2.24, 2.45) is 0 Å². The standard InChI is InChI=1S/C16H20N2O3S/c1-12(2)18-16(19)9-10-17-22(20,21)15-8-7-13-5-3-4-6-14(13)11-15/h3-8,11-12,17H,9-10H2,1-2H3,(H,18,19). The Morgan fingerprint density at radius 2 is 1.77 bits per heavy atom. The van der Waals surface area contributed by atoms with Crippen LogP contribution in [0.25, 0.3) is 10.8 Å². The molecule has 0 aliphatic carbocycles. The summed E-state index contributed by atoms with van der Waals surface area (Å²) >= 11 is 0. The van der Waals surface area contributed by atoms with Gasteiger partial charge in [-0.15, -0.1) is 0 Å². The fourth-order valence-corrected chi connectivity index (χ4v) is 3.18. The molecule has 0 fully saturated rings. The normalized spacial score (nSPS) is 11.8. The van der Waals surface area contributed by atoms with E-state index in [0.717, 1.165) is 10.8 Å². The minimum Gasteiger partial charge on any atom is -0.354 e. The lowest BCUT2D eigenvalue weighted by molar-refractivity contribution is -0.121. The minimum atomic E-state index is -3.61.